The molecule has 1 heterocycles. The standard InChI is InChI=1S/C21H26N3O7P/c1-16(21(25)29-18-12-14-23(2)15-13-18)22-32(28,30-19-6-4-3-5-7-19)31-20-10-8-17(9-11-20)24(26)27/h3-11,16,18H,12-15H2,1-2H3,(H,22,28). The molecular formula is C21H26N3O7P. The molecule has 0 spiro atoms. The molecule has 32 heavy (non-hydrogen) atoms. The lowest BCUT2D eigenvalue weighted by molar-refractivity contribution is -0.384. The SMILES string of the molecule is CC(NP(=O)(Oc1ccccc1)Oc1ccc([N+](=O)[O-])cc1)C(=O)OC1CCN(C)CC1. The molecule has 2 atom stereocenters. The van der Waals surface area contributed by atoms with Gasteiger partial charge in [-0.1, -0.05) is 18.2 Å². The molecule has 172 valence electrons. The Morgan fingerprint density at radius 2 is 1.66 bits per heavy atom. The van der Waals surface area contributed by atoms with Crippen molar-refractivity contribution in [2.24, 2.45) is 0 Å². The second-order valence-corrected chi connectivity index (χ2v) is 9.15. The van der Waals surface area contributed by atoms with Crippen molar-refractivity contribution in [2.75, 3.05) is 20.1 Å². The summed E-state index contributed by atoms with van der Waals surface area (Å²) in [4.78, 5) is 25.1. The Bertz CT molecular complexity index is 963. The zero-order valence-corrected chi connectivity index (χ0v) is 18.8. The number of carbonyl (C=O) groups is 1. The molecule has 1 aliphatic heterocycles. The van der Waals surface area contributed by atoms with Gasteiger partial charge in [-0.15, -0.1) is 0 Å². The van der Waals surface area contributed by atoms with E-state index in [4.69, 9.17) is 13.8 Å². The van der Waals surface area contributed by atoms with Crippen molar-refractivity contribution in [2.45, 2.75) is 31.9 Å². The van der Waals surface area contributed by atoms with Crippen LogP contribution in [-0.2, 0) is 14.1 Å². The summed E-state index contributed by atoms with van der Waals surface area (Å²) < 4.78 is 30.2. The molecule has 10 nitrogen and oxygen atoms in total. The van der Waals surface area contributed by atoms with Gasteiger partial charge in [-0.05, 0) is 51.1 Å². The molecule has 1 aliphatic rings. The third kappa shape index (κ3) is 6.78. The lowest BCUT2D eigenvalue weighted by Crippen LogP contribution is -2.40. The van der Waals surface area contributed by atoms with Crippen LogP contribution in [0.2, 0.25) is 0 Å². The Kier molecular flexibility index (Phi) is 7.84. The highest BCUT2D eigenvalue weighted by atomic mass is 31.2. The quantitative estimate of drug-likeness (QED) is 0.256. The molecule has 2 aromatic carbocycles. The third-order valence-corrected chi connectivity index (χ3v) is 6.50. The van der Waals surface area contributed by atoms with E-state index in [0.29, 0.717) is 0 Å². The highest BCUT2D eigenvalue weighted by Gasteiger charge is 2.35. The van der Waals surface area contributed by atoms with Crippen molar-refractivity contribution in [1.82, 2.24) is 9.99 Å². The van der Waals surface area contributed by atoms with Gasteiger partial charge in [-0.25, -0.2) is 4.57 Å². The fourth-order valence-electron chi connectivity index (χ4n) is 3.12. The molecule has 0 aliphatic carbocycles. The summed E-state index contributed by atoms with van der Waals surface area (Å²) >= 11 is 0. The summed E-state index contributed by atoms with van der Waals surface area (Å²) in [5.74, 6) is -0.219. The number of piperidine rings is 1. The summed E-state index contributed by atoms with van der Waals surface area (Å²) in [6, 6.07) is 12.4. The van der Waals surface area contributed by atoms with Crippen LogP contribution < -0.4 is 14.1 Å². The van der Waals surface area contributed by atoms with E-state index < -0.39 is 24.7 Å². The van der Waals surface area contributed by atoms with Gasteiger partial charge in [-0.2, -0.15) is 5.09 Å². The number of nitro groups is 1. The maximum Gasteiger partial charge on any atom is 0.513 e. The topological polar surface area (TPSA) is 120 Å². The van der Waals surface area contributed by atoms with Crippen molar-refractivity contribution in [3.8, 4) is 11.5 Å². The van der Waals surface area contributed by atoms with Gasteiger partial charge in [0, 0.05) is 25.2 Å². The first-order valence-corrected chi connectivity index (χ1v) is 11.7. The minimum absolute atomic E-state index is 0.0817. The van der Waals surface area contributed by atoms with Crippen LogP contribution in [0.15, 0.2) is 54.6 Å². The fraction of sp³-hybridized carbons (Fsp3) is 0.381. The van der Waals surface area contributed by atoms with Crippen LogP contribution in [0, 0.1) is 10.1 Å². The van der Waals surface area contributed by atoms with E-state index in [1.54, 1.807) is 30.3 Å². The van der Waals surface area contributed by atoms with Crippen LogP contribution in [0.1, 0.15) is 19.8 Å². The third-order valence-electron chi connectivity index (χ3n) is 4.90. The van der Waals surface area contributed by atoms with Gasteiger partial charge in [0.2, 0.25) is 0 Å². The molecule has 2 unspecified atom stereocenters. The number of rotatable bonds is 9. The van der Waals surface area contributed by atoms with E-state index in [1.807, 2.05) is 7.05 Å². The molecule has 1 N–H and O–H groups in total. The molecule has 1 saturated heterocycles. The molecule has 1 fully saturated rings. The number of non-ortho nitro benzene ring substituents is 1. The highest BCUT2D eigenvalue weighted by molar-refractivity contribution is 7.52. The van der Waals surface area contributed by atoms with Crippen molar-refractivity contribution in [3.63, 3.8) is 0 Å². The van der Waals surface area contributed by atoms with Gasteiger partial charge in [0.1, 0.15) is 23.6 Å². The molecule has 3 rings (SSSR count). The van der Waals surface area contributed by atoms with Gasteiger partial charge < -0.3 is 18.7 Å². The molecule has 2 aromatic rings. The number of hydrogen-bond donors (Lipinski definition) is 1. The van der Waals surface area contributed by atoms with Crippen molar-refractivity contribution < 1.29 is 28.1 Å². The predicted octanol–water partition coefficient (Wildman–Crippen LogP) is 3.78. The number of esters is 1. The average molecular weight is 463 g/mol. The smallest absolute Gasteiger partial charge is 0.461 e. The van der Waals surface area contributed by atoms with E-state index in [0.717, 1.165) is 25.9 Å². The second kappa shape index (κ2) is 10.6. The first-order chi connectivity index (χ1) is 15.2. The van der Waals surface area contributed by atoms with E-state index in [9.17, 15) is 19.5 Å². The molecule has 0 radical (unpaired) electrons. The molecule has 0 aromatic heterocycles. The first-order valence-electron chi connectivity index (χ1n) is 10.2. The average Bonchev–Trinajstić information content (AvgIpc) is 2.76. The van der Waals surface area contributed by atoms with Crippen molar-refractivity contribution in [3.05, 3.63) is 64.7 Å². The maximum absolute atomic E-state index is 13.5. The zero-order chi connectivity index (χ0) is 23.1. The number of nitrogens with zero attached hydrogens (tertiary/aromatic N) is 2. The Labute approximate surface area is 186 Å². The number of hydrogen-bond acceptors (Lipinski definition) is 8. The van der Waals surface area contributed by atoms with Crippen LogP contribution in [0.3, 0.4) is 0 Å². The lowest BCUT2D eigenvalue weighted by Gasteiger charge is -2.30. The van der Waals surface area contributed by atoms with E-state index in [-0.39, 0.29) is 23.3 Å². The van der Waals surface area contributed by atoms with Gasteiger partial charge in [0.25, 0.3) is 5.69 Å². The zero-order valence-electron chi connectivity index (χ0n) is 17.9. The molecular weight excluding hydrogens is 437 g/mol. The summed E-state index contributed by atoms with van der Waals surface area (Å²) in [7, 11) is -2.10. The Morgan fingerprint density at radius 3 is 2.22 bits per heavy atom. The van der Waals surface area contributed by atoms with Gasteiger partial charge >= 0.3 is 13.7 Å². The second-order valence-electron chi connectivity index (χ2n) is 7.53. The number of para-hydroxylation sites is 1. The molecule has 0 amide bonds. The molecule has 11 heteroatoms. The minimum Gasteiger partial charge on any atom is -0.461 e. The normalized spacial score (nSPS) is 17.7. The molecule has 0 bridgehead atoms. The van der Waals surface area contributed by atoms with E-state index >= 15 is 0 Å². The fourth-order valence-corrected chi connectivity index (χ4v) is 4.64. The Morgan fingerprint density at radius 1 is 1.09 bits per heavy atom. The number of nitrogens with one attached hydrogen (secondary N) is 1. The van der Waals surface area contributed by atoms with Crippen molar-refractivity contribution in [1.29, 1.82) is 0 Å². The first kappa shape index (κ1) is 23.7. The largest absolute Gasteiger partial charge is 0.513 e. The number of benzene rings is 2. The Hall–Kier alpha value is -2.94. The van der Waals surface area contributed by atoms with Crippen LogP contribution >= 0.6 is 7.75 Å². The maximum atomic E-state index is 13.5. The Balaban J connectivity index is 1.71. The summed E-state index contributed by atoms with van der Waals surface area (Å²) in [5, 5.41) is 13.5. The van der Waals surface area contributed by atoms with Gasteiger partial charge in [0.05, 0.1) is 4.92 Å². The van der Waals surface area contributed by atoms with E-state index in [2.05, 4.69) is 9.99 Å². The molecule has 0 saturated carbocycles. The van der Waals surface area contributed by atoms with E-state index in [1.165, 1.54) is 31.2 Å². The lowest BCUT2D eigenvalue weighted by atomic mass is 10.1. The van der Waals surface area contributed by atoms with Crippen LogP contribution in [0.4, 0.5) is 5.69 Å². The monoisotopic (exact) mass is 463 g/mol. The van der Waals surface area contributed by atoms with Gasteiger partial charge in [-0.3, -0.25) is 14.9 Å². The van der Waals surface area contributed by atoms with Crippen LogP contribution in [-0.4, -0.2) is 48.1 Å². The van der Waals surface area contributed by atoms with Gasteiger partial charge in [0.15, 0.2) is 0 Å². The highest BCUT2D eigenvalue weighted by Crippen LogP contribution is 2.45. The van der Waals surface area contributed by atoms with Crippen molar-refractivity contribution >= 4 is 19.4 Å². The number of likely N-dealkylation sites (tertiary alicyclic amines) is 1. The number of carbonyl (C=O) groups excluding carboxylic acids is 1. The number of nitro benzene ring substituents is 1. The predicted molar refractivity (Wildman–Crippen MR) is 118 cm³/mol. The van der Waals surface area contributed by atoms with Crippen LogP contribution in [0.5, 0.6) is 11.5 Å². The summed E-state index contributed by atoms with van der Waals surface area (Å²) in [6.07, 6.45) is 1.26. The number of ether oxygens (including phenoxy) is 1. The van der Waals surface area contributed by atoms with Crippen LogP contribution in [0.25, 0.3) is 0 Å². The summed E-state index contributed by atoms with van der Waals surface area (Å²) in [5.41, 5.74) is -0.140. The minimum atomic E-state index is -4.10. The summed E-state index contributed by atoms with van der Waals surface area (Å²) in [6.45, 7) is 3.18.